The lowest BCUT2D eigenvalue weighted by Crippen LogP contribution is -2.33. The summed E-state index contributed by atoms with van der Waals surface area (Å²) in [4.78, 5) is 19.3. The maximum atomic E-state index is 12.2. The zero-order valence-corrected chi connectivity index (χ0v) is 15.0. The summed E-state index contributed by atoms with van der Waals surface area (Å²) in [6.45, 7) is 4.04. The molecule has 3 heterocycles. The van der Waals surface area contributed by atoms with Gasteiger partial charge in [0, 0.05) is 24.7 Å². The Kier molecular flexibility index (Phi) is 4.49. The minimum atomic E-state index is -0.168. The highest BCUT2D eigenvalue weighted by atomic mass is 32.2. The minimum Gasteiger partial charge on any atom is -0.457 e. The summed E-state index contributed by atoms with van der Waals surface area (Å²) in [5.74, 6) is 1.32. The molecule has 1 amide bonds. The molecule has 4 rings (SSSR count). The fraction of sp³-hybridized carbons (Fsp3) is 0.300. The molecule has 0 unspecified atom stereocenters. The number of thioether (sulfide) groups is 1. The Morgan fingerprint density at radius 2 is 1.84 bits per heavy atom. The van der Waals surface area contributed by atoms with E-state index in [0.717, 1.165) is 29.6 Å². The smallest absolute Gasteiger partial charge is 0.286 e. The zero-order valence-electron chi connectivity index (χ0n) is 14.2. The van der Waals surface area contributed by atoms with Gasteiger partial charge in [0.2, 0.25) is 0 Å². The van der Waals surface area contributed by atoms with Crippen LogP contribution in [0.3, 0.4) is 0 Å². The summed E-state index contributed by atoms with van der Waals surface area (Å²) in [7, 11) is 0. The first kappa shape index (κ1) is 16.2. The number of rotatable bonds is 2. The molecule has 0 bridgehead atoms. The van der Waals surface area contributed by atoms with Crippen LogP contribution in [0, 0.1) is 6.92 Å². The molecule has 2 aliphatic rings. The molecule has 0 saturated carbocycles. The van der Waals surface area contributed by atoms with Crippen molar-refractivity contribution in [3.8, 4) is 11.3 Å². The van der Waals surface area contributed by atoms with E-state index in [0.29, 0.717) is 10.7 Å². The van der Waals surface area contributed by atoms with Crippen molar-refractivity contribution >= 4 is 28.9 Å². The number of benzene rings is 1. The Labute approximate surface area is 151 Å². The molecule has 5 heteroatoms. The lowest BCUT2D eigenvalue weighted by atomic mass is 10.1. The number of furan rings is 1. The van der Waals surface area contributed by atoms with E-state index in [4.69, 9.17) is 4.42 Å². The zero-order chi connectivity index (χ0) is 17.2. The number of carbonyl (C=O) groups excluding carboxylic acids is 1. The van der Waals surface area contributed by atoms with E-state index in [2.05, 4.69) is 28.9 Å². The number of carbonyl (C=O) groups is 1. The quantitative estimate of drug-likeness (QED) is 0.734. The first-order chi connectivity index (χ1) is 12.2. The monoisotopic (exact) mass is 352 g/mol. The molecule has 4 nitrogen and oxygen atoms in total. The number of amidine groups is 1. The van der Waals surface area contributed by atoms with Crippen molar-refractivity contribution < 1.29 is 9.21 Å². The third-order valence-electron chi connectivity index (χ3n) is 4.47. The minimum absolute atomic E-state index is 0.168. The summed E-state index contributed by atoms with van der Waals surface area (Å²) < 4.78 is 5.89. The molecule has 1 fully saturated rings. The molecule has 0 aliphatic carbocycles. The summed E-state index contributed by atoms with van der Waals surface area (Å²) in [5, 5.41) is 0.835. The Hall–Kier alpha value is -2.27. The van der Waals surface area contributed by atoms with Gasteiger partial charge in [0.1, 0.15) is 11.5 Å². The molecule has 1 aromatic heterocycles. The topological polar surface area (TPSA) is 45.8 Å². The molecule has 2 aliphatic heterocycles. The van der Waals surface area contributed by atoms with Crippen LogP contribution in [0.25, 0.3) is 17.4 Å². The highest BCUT2D eigenvalue weighted by molar-refractivity contribution is 8.18. The number of aryl methyl sites for hydroxylation is 1. The van der Waals surface area contributed by atoms with Crippen molar-refractivity contribution in [2.24, 2.45) is 4.99 Å². The maximum absolute atomic E-state index is 12.2. The van der Waals surface area contributed by atoms with Crippen LogP contribution in [-0.4, -0.2) is 29.1 Å². The van der Waals surface area contributed by atoms with E-state index in [1.807, 2.05) is 24.3 Å². The van der Waals surface area contributed by atoms with Crippen molar-refractivity contribution in [3.63, 3.8) is 0 Å². The van der Waals surface area contributed by atoms with Gasteiger partial charge in [-0.1, -0.05) is 29.8 Å². The fourth-order valence-electron chi connectivity index (χ4n) is 3.05. The standard InChI is InChI=1S/C20H20N2O2S/c1-14-5-7-15(8-6-14)17-10-9-16(24-17)13-18-19(23)21-20(25-18)22-11-3-2-4-12-22/h5-10,13H,2-4,11-12H2,1H3/b18-13-. The third-order valence-corrected chi connectivity index (χ3v) is 5.52. The molecule has 2 aromatic rings. The molecule has 1 aromatic carbocycles. The highest BCUT2D eigenvalue weighted by Crippen LogP contribution is 2.32. The lowest BCUT2D eigenvalue weighted by Gasteiger charge is -2.27. The number of likely N-dealkylation sites (tertiary alicyclic amines) is 1. The van der Waals surface area contributed by atoms with Crippen molar-refractivity contribution in [3.05, 3.63) is 52.6 Å². The Balaban J connectivity index is 1.50. The predicted molar refractivity (Wildman–Crippen MR) is 102 cm³/mol. The molecule has 0 spiro atoms. The highest BCUT2D eigenvalue weighted by Gasteiger charge is 2.27. The van der Waals surface area contributed by atoms with Crippen LogP contribution in [0.15, 0.2) is 50.7 Å². The van der Waals surface area contributed by atoms with Crippen LogP contribution in [0.4, 0.5) is 0 Å². The Morgan fingerprint density at radius 1 is 1.08 bits per heavy atom. The van der Waals surface area contributed by atoms with Gasteiger partial charge in [-0.25, -0.2) is 0 Å². The Bertz CT molecular complexity index is 843. The summed E-state index contributed by atoms with van der Waals surface area (Å²) in [5.41, 5.74) is 2.25. The number of piperidine rings is 1. The molecule has 0 atom stereocenters. The normalized spacial score (nSPS) is 19.6. The van der Waals surface area contributed by atoms with Crippen LogP contribution >= 0.6 is 11.8 Å². The molecule has 0 radical (unpaired) electrons. The maximum Gasteiger partial charge on any atom is 0.286 e. The van der Waals surface area contributed by atoms with E-state index in [1.165, 1.54) is 36.6 Å². The number of hydrogen-bond donors (Lipinski definition) is 0. The second-order valence-electron chi connectivity index (χ2n) is 6.43. The van der Waals surface area contributed by atoms with Gasteiger partial charge in [0.05, 0.1) is 4.91 Å². The van der Waals surface area contributed by atoms with Gasteiger partial charge in [-0.2, -0.15) is 4.99 Å². The molecule has 0 N–H and O–H groups in total. The van der Waals surface area contributed by atoms with Crippen molar-refractivity contribution in [2.45, 2.75) is 26.2 Å². The number of aliphatic imine (C=N–C) groups is 1. The summed E-state index contributed by atoms with van der Waals surface area (Å²) >= 11 is 1.45. The largest absolute Gasteiger partial charge is 0.457 e. The molecular formula is C20H20N2O2S. The molecular weight excluding hydrogens is 332 g/mol. The summed E-state index contributed by atoms with van der Waals surface area (Å²) in [6, 6.07) is 12.0. The van der Waals surface area contributed by atoms with E-state index >= 15 is 0 Å². The fourth-order valence-corrected chi connectivity index (χ4v) is 4.00. The van der Waals surface area contributed by atoms with E-state index in [-0.39, 0.29) is 5.91 Å². The van der Waals surface area contributed by atoms with Gasteiger partial charge in [0.15, 0.2) is 5.17 Å². The average molecular weight is 352 g/mol. The van der Waals surface area contributed by atoms with Crippen molar-refractivity contribution in [2.75, 3.05) is 13.1 Å². The molecule has 128 valence electrons. The van der Waals surface area contributed by atoms with Crippen LogP contribution < -0.4 is 0 Å². The van der Waals surface area contributed by atoms with Crippen molar-refractivity contribution in [1.29, 1.82) is 0 Å². The van der Waals surface area contributed by atoms with Gasteiger partial charge < -0.3 is 9.32 Å². The van der Waals surface area contributed by atoms with E-state index < -0.39 is 0 Å². The third kappa shape index (κ3) is 3.56. The Morgan fingerprint density at radius 3 is 2.60 bits per heavy atom. The van der Waals surface area contributed by atoms with Gasteiger partial charge in [0.25, 0.3) is 5.91 Å². The van der Waals surface area contributed by atoms with E-state index in [1.54, 1.807) is 6.08 Å². The lowest BCUT2D eigenvalue weighted by molar-refractivity contribution is -0.113. The van der Waals surface area contributed by atoms with Gasteiger partial charge in [-0.3, -0.25) is 4.79 Å². The second-order valence-corrected chi connectivity index (χ2v) is 7.44. The second kappa shape index (κ2) is 6.92. The molecule has 25 heavy (non-hydrogen) atoms. The first-order valence-corrected chi connectivity index (χ1v) is 9.45. The number of nitrogens with zero attached hydrogens (tertiary/aromatic N) is 2. The van der Waals surface area contributed by atoms with Crippen LogP contribution in [0.1, 0.15) is 30.6 Å². The van der Waals surface area contributed by atoms with Gasteiger partial charge >= 0.3 is 0 Å². The first-order valence-electron chi connectivity index (χ1n) is 8.63. The predicted octanol–water partition coefficient (Wildman–Crippen LogP) is 4.71. The van der Waals surface area contributed by atoms with Gasteiger partial charge in [-0.05, 0) is 50.1 Å². The molecule has 1 saturated heterocycles. The van der Waals surface area contributed by atoms with Crippen molar-refractivity contribution in [1.82, 2.24) is 4.90 Å². The van der Waals surface area contributed by atoms with Crippen LogP contribution in [0.2, 0.25) is 0 Å². The van der Waals surface area contributed by atoms with Crippen LogP contribution in [0.5, 0.6) is 0 Å². The van der Waals surface area contributed by atoms with Crippen LogP contribution in [-0.2, 0) is 4.79 Å². The number of amides is 1. The average Bonchev–Trinajstić information content (AvgIpc) is 3.24. The van der Waals surface area contributed by atoms with Gasteiger partial charge in [-0.15, -0.1) is 0 Å². The SMILES string of the molecule is Cc1ccc(-c2ccc(/C=C3\SC(N4CCCCC4)=NC3=O)o2)cc1. The van der Waals surface area contributed by atoms with E-state index in [9.17, 15) is 4.79 Å². The summed E-state index contributed by atoms with van der Waals surface area (Å²) in [6.07, 6.45) is 5.40. The number of hydrogen-bond acceptors (Lipinski definition) is 4.